The Morgan fingerprint density at radius 1 is 1.29 bits per heavy atom. The van der Waals surface area contributed by atoms with Gasteiger partial charge in [0, 0.05) is 28.0 Å². The highest BCUT2D eigenvalue weighted by molar-refractivity contribution is 9.10. The van der Waals surface area contributed by atoms with Crippen molar-refractivity contribution in [2.24, 2.45) is 0 Å². The highest BCUT2D eigenvalue weighted by Gasteiger charge is 2.16. The predicted molar refractivity (Wildman–Crippen MR) is 92.1 cm³/mol. The number of para-hydroxylation sites is 1. The number of hydrogen-bond donors (Lipinski definition) is 1. The van der Waals surface area contributed by atoms with Gasteiger partial charge in [-0.3, -0.25) is 0 Å². The summed E-state index contributed by atoms with van der Waals surface area (Å²) < 4.78 is 6.51. The Bertz CT molecular complexity index is 580. The number of nitrogens with zero attached hydrogens (tertiary/aromatic N) is 1. The van der Waals surface area contributed by atoms with Crippen LogP contribution in [0.15, 0.2) is 52.1 Å². The molecule has 3 nitrogen and oxygen atoms in total. The quantitative estimate of drug-likeness (QED) is 0.740. The second kappa shape index (κ2) is 8.41. The van der Waals surface area contributed by atoms with Gasteiger partial charge < -0.3 is 10.1 Å². The van der Waals surface area contributed by atoms with Crippen LogP contribution in [0.2, 0.25) is 0 Å². The summed E-state index contributed by atoms with van der Waals surface area (Å²) in [7, 11) is 1.71. The van der Waals surface area contributed by atoms with Crippen molar-refractivity contribution in [3.8, 4) is 5.75 Å². The largest absolute Gasteiger partial charge is 0.496 e. The number of methoxy groups -OCH3 is 1. The van der Waals surface area contributed by atoms with Gasteiger partial charge >= 0.3 is 0 Å². The molecule has 112 valence electrons. The van der Waals surface area contributed by atoms with Crippen molar-refractivity contribution in [3.05, 3.63) is 52.6 Å². The van der Waals surface area contributed by atoms with Crippen molar-refractivity contribution in [3.63, 3.8) is 0 Å². The van der Waals surface area contributed by atoms with Gasteiger partial charge in [-0.05, 0) is 40.7 Å². The molecule has 0 saturated carbocycles. The smallest absolute Gasteiger partial charge is 0.123 e. The molecule has 1 aromatic heterocycles. The first kappa shape index (κ1) is 16.3. The first-order valence-corrected chi connectivity index (χ1v) is 8.63. The topological polar surface area (TPSA) is 34.2 Å². The molecule has 0 fully saturated rings. The Hall–Kier alpha value is -1.04. The summed E-state index contributed by atoms with van der Waals surface area (Å²) >= 11 is 5.27. The predicted octanol–water partition coefficient (Wildman–Crippen LogP) is 4.30. The van der Waals surface area contributed by atoms with Crippen LogP contribution < -0.4 is 10.1 Å². The molecule has 2 aromatic rings. The van der Waals surface area contributed by atoms with E-state index in [-0.39, 0.29) is 6.04 Å². The third-order valence-corrected chi connectivity index (χ3v) is 5.08. The molecule has 0 amide bonds. The second-order valence-corrected chi connectivity index (χ2v) is 6.32. The van der Waals surface area contributed by atoms with Crippen LogP contribution in [0.25, 0.3) is 0 Å². The Morgan fingerprint density at radius 2 is 2.10 bits per heavy atom. The zero-order chi connectivity index (χ0) is 15.1. The minimum absolute atomic E-state index is 0.227. The fourth-order valence-electron chi connectivity index (χ4n) is 2.10. The number of aromatic nitrogens is 1. The molecular formula is C16H19BrN2OS. The van der Waals surface area contributed by atoms with E-state index in [1.807, 2.05) is 36.5 Å². The Morgan fingerprint density at radius 3 is 2.81 bits per heavy atom. The molecule has 1 atom stereocenters. The highest BCUT2D eigenvalue weighted by atomic mass is 79.9. The van der Waals surface area contributed by atoms with Crippen LogP contribution in [-0.4, -0.2) is 24.4 Å². The molecule has 1 heterocycles. The maximum atomic E-state index is 5.47. The van der Waals surface area contributed by atoms with Crippen LogP contribution >= 0.6 is 27.7 Å². The third-order valence-electron chi connectivity index (χ3n) is 3.08. The summed E-state index contributed by atoms with van der Waals surface area (Å²) in [6.45, 7) is 3.02. The van der Waals surface area contributed by atoms with Crippen LogP contribution in [0, 0.1) is 0 Å². The highest BCUT2D eigenvalue weighted by Crippen LogP contribution is 2.31. The van der Waals surface area contributed by atoms with Crippen molar-refractivity contribution in [2.45, 2.75) is 18.0 Å². The minimum Gasteiger partial charge on any atom is -0.496 e. The molecule has 21 heavy (non-hydrogen) atoms. The number of rotatable bonds is 7. The average molecular weight is 367 g/mol. The molecule has 0 bridgehead atoms. The summed E-state index contributed by atoms with van der Waals surface area (Å²) in [6, 6.07) is 12.3. The maximum Gasteiger partial charge on any atom is 0.123 e. The van der Waals surface area contributed by atoms with Crippen LogP contribution in [0.4, 0.5) is 0 Å². The number of thioether (sulfide) groups is 1. The maximum absolute atomic E-state index is 5.47. The SMILES string of the molecule is CCNC(CSc1ncccc1Br)c1ccccc1OC. The van der Waals surface area contributed by atoms with Crippen LogP contribution in [0.5, 0.6) is 5.75 Å². The van der Waals surface area contributed by atoms with Gasteiger partial charge in [-0.2, -0.15) is 0 Å². The Balaban J connectivity index is 2.14. The number of halogens is 1. The second-order valence-electron chi connectivity index (χ2n) is 4.45. The van der Waals surface area contributed by atoms with Gasteiger partial charge in [-0.25, -0.2) is 4.98 Å². The lowest BCUT2D eigenvalue weighted by Crippen LogP contribution is -2.23. The van der Waals surface area contributed by atoms with Crippen LogP contribution in [0.1, 0.15) is 18.5 Å². The molecule has 1 N–H and O–H groups in total. The van der Waals surface area contributed by atoms with Gasteiger partial charge in [0.1, 0.15) is 10.8 Å². The number of benzene rings is 1. The molecule has 0 aliphatic heterocycles. The zero-order valence-electron chi connectivity index (χ0n) is 12.2. The fourth-order valence-corrected chi connectivity index (χ4v) is 3.66. The summed E-state index contributed by atoms with van der Waals surface area (Å²) in [5.74, 6) is 1.81. The fraction of sp³-hybridized carbons (Fsp3) is 0.312. The normalized spacial score (nSPS) is 12.1. The first-order chi connectivity index (χ1) is 10.3. The van der Waals surface area contributed by atoms with E-state index in [0.717, 1.165) is 27.5 Å². The van der Waals surface area contributed by atoms with E-state index < -0.39 is 0 Å². The van der Waals surface area contributed by atoms with Crippen LogP contribution in [-0.2, 0) is 0 Å². The molecule has 1 aromatic carbocycles. The van der Waals surface area contributed by atoms with Crippen LogP contribution in [0.3, 0.4) is 0 Å². The van der Waals surface area contributed by atoms with Gasteiger partial charge in [0.2, 0.25) is 0 Å². The van der Waals surface area contributed by atoms with Gasteiger partial charge in [-0.15, -0.1) is 11.8 Å². The van der Waals surface area contributed by atoms with E-state index in [1.165, 1.54) is 5.56 Å². The van der Waals surface area contributed by atoms with Crippen molar-refractivity contribution in [2.75, 3.05) is 19.4 Å². The van der Waals surface area contributed by atoms with Gasteiger partial charge in [0.05, 0.1) is 7.11 Å². The monoisotopic (exact) mass is 366 g/mol. The lowest BCUT2D eigenvalue weighted by Gasteiger charge is -2.20. The summed E-state index contributed by atoms with van der Waals surface area (Å²) in [6.07, 6.45) is 1.82. The number of pyridine rings is 1. The lowest BCUT2D eigenvalue weighted by molar-refractivity contribution is 0.403. The summed E-state index contributed by atoms with van der Waals surface area (Å²) in [5.41, 5.74) is 1.18. The van der Waals surface area contributed by atoms with E-state index in [2.05, 4.69) is 39.2 Å². The molecule has 0 radical (unpaired) electrons. The summed E-state index contributed by atoms with van der Waals surface area (Å²) in [5, 5.41) is 4.53. The molecule has 0 aliphatic carbocycles. The molecule has 1 unspecified atom stereocenters. The number of hydrogen-bond acceptors (Lipinski definition) is 4. The Labute approximate surface area is 138 Å². The first-order valence-electron chi connectivity index (χ1n) is 6.85. The van der Waals surface area contributed by atoms with Crippen molar-refractivity contribution < 1.29 is 4.74 Å². The molecule has 5 heteroatoms. The van der Waals surface area contributed by atoms with Crippen molar-refractivity contribution in [1.29, 1.82) is 0 Å². The van der Waals surface area contributed by atoms with Crippen molar-refractivity contribution >= 4 is 27.7 Å². The molecule has 0 spiro atoms. The van der Waals surface area contributed by atoms with E-state index in [1.54, 1.807) is 18.9 Å². The average Bonchev–Trinajstić information content (AvgIpc) is 2.53. The van der Waals surface area contributed by atoms with Gasteiger partial charge in [0.25, 0.3) is 0 Å². The van der Waals surface area contributed by atoms with Crippen molar-refractivity contribution in [1.82, 2.24) is 10.3 Å². The van der Waals surface area contributed by atoms with E-state index in [9.17, 15) is 0 Å². The van der Waals surface area contributed by atoms with Gasteiger partial charge in [-0.1, -0.05) is 25.1 Å². The molecular weight excluding hydrogens is 348 g/mol. The van der Waals surface area contributed by atoms with E-state index in [0.29, 0.717) is 0 Å². The number of ether oxygens (including phenoxy) is 1. The Kier molecular flexibility index (Phi) is 6.54. The number of nitrogens with one attached hydrogen (secondary N) is 1. The minimum atomic E-state index is 0.227. The van der Waals surface area contributed by atoms with Gasteiger partial charge in [0.15, 0.2) is 0 Å². The molecule has 0 saturated heterocycles. The lowest BCUT2D eigenvalue weighted by atomic mass is 10.1. The molecule has 2 rings (SSSR count). The zero-order valence-corrected chi connectivity index (χ0v) is 14.6. The van der Waals surface area contributed by atoms with E-state index in [4.69, 9.17) is 4.74 Å². The third kappa shape index (κ3) is 4.46. The standard InChI is InChI=1S/C16H19BrN2OS/c1-3-18-14(12-7-4-5-9-15(12)20-2)11-21-16-13(17)8-6-10-19-16/h4-10,14,18H,3,11H2,1-2H3. The molecule has 0 aliphatic rings. The summed E-state index contributed by atoms with van der Waals surface area (Å²) in [4.78, 5) is 4.40. The van der Waals surface area contributed by atoms with E-state index >= 15 is 0 Å².